The van der Waals surface area contributed by atoms with E-state index in [-0.39, 0.29) is 23.3 Å². The van der Waals surface area contributed by atoms with E-state index in [2.05, 4.69) is 4.74 Å². The number of esters is 1. The van der Waals surface area contributed by atoms with Crippen molar-refractivity contribution in [2.45, 2.75) is 12.4 Å². The van der Waals surface area contributed by atoms with Crippen LogP contribution in [0.2, 0.25) is 0 Å². The molecule has 31 heavy (non-hydrogen) atoms. The minimum atomic E-state index is -2.93. The third-order valence-corrected chi connectivity index (χ3v) is 5.61. The largest absolute Gasteiger partial charge is 0.467 e. The fourth-order valence-corrected chi connectivity index (χ4v) is 3.65. The molecule has 0 amide bonds. The van der Waals surface area contributed by atoms with Crippen LogP contribution in [-0.2, 0) is 25.4 Å². The van der Waals surface area contributed by atoms with E-state index in [0.717, 1.165) is 11.7 Å². The molecule has 0 N–H and O–H groups in total. The van der Waals surface area contributed by atoms with Gasteiger partial charge in [-0.3, -0.25) is 14.2 Å². The van der Waals surface area contributed by atoms with Gasteiger partial charge in [-0.15, -0.1) is 0 Å². The monoisotopic (exact) mass is 452 g/mol. The van der Waals surface area contributed by atoms with Crippen molar-refractivity contribution in [3.8, 4) is 0 Å². The molecule has 0 aliphatic heterocycles. The number of hydrogen-bond acceptors (Lipinski definition) is 7. The lowest BCUT2D eigenvalue weighted by Gasteiger charge is -2.18. The smallest absolute Gasteiger partial charge is 0.342 e. The number of carbonyl (C=O) groups is 2. The SMILES string of the molecule is COC(=O)C(OC/C=C\Cn1cc(F)c(=O)n(C(=O)c2ccccc2)c1=O)P(C)(C)=O. The van der Waals surface area contributed by atoms with E-state index < -0.39 is 41.9 Å². The summed E-state index contributed by atoms with van der Waals surface area (Å²) in [6.45, 7) is 2.45. The maximum Gasteiger partial charge on any atom is 0.342 e. The lowest BCUT2D eigenvalue weighted by atomic mass is 10.2. The molecule has 1 heterocycles. The average Bonchev–Trinajstić information content (AvgIpc) is 2.73. The van der Waals surface area contributed by atoms with Gasteiger partial charge in [0.2, 0.25) is 11.7 Å². The van der Waals surface area contributed by atoms with Crippen LogP contribution in [0.4, 0.5) is 4.39 Å². The van der Waals surface area contributed by atoms with Crippen LogP contribution in [0.25, 0.3) is 0 Å². The van der Waals surface area contributed by atoms with Crippen molar-refractivity contribution >= 4 is 19.0 Å². The molecule has 0 fully saturated rings. The van der Waals surface area contributed by atoms with Crippen molar-refractivity contribution in [1.29, 1.82) is 0 Å². The number of halogens is 1. The Labute approximate surface area is 177 Å². The van der Waals surface area contributed by atoms with E-state index in [4.69, 9.17) is 4.74 Å². The second kappa shape index (κ2) is 10.3. The lowest BCUT2D eigenvalue weighted by molar-refractivity contribution is -0.148. The minimum Gasteiger partial charge on any atom is -0.467 e. The van der Waals surface area contributed by atoms with Gasteiger partial charge < -0.3 is 14.0 Å². The summed E-state index contributed by atoms with van der Waals surface area (Å²) in [6.07, 6.45) is 3.53. The molecule has 1 aromatic heterocycles. The van der Waals surface area contributed by atoms with Gasteiger partial charge in [-0.2, -0.15) is 8.96 Å². The Morgan fingerprint density at radius 3 is 2.39 bits per heavy atom. The van der Waals surface area contributed by atoms with E-state index in [1.165, 1.54) is 37.6 Å². The van der Waals surface area contributed by atoms with Gasteiger partial charge in [0.25, 0.3) is 11.5 Å². The van der Waals surface area contributed by atoms with Crippen LogP contribution in [-0.4, -0.2) is 53.9 Å². The zero-order valence-electron chi connectivity index (χ0n) is 17.2. The molecule has 0 bridgehead atoms. The highest BCUT2D eigenvalue weighted by Gasteiger charge is 2.32. The van der Waals surface area contributed by atoms with Gasteiger partial charge in [-0.05, 0) is 25.5 Å². The summed E-state index contributed by atoms with van der Waals surface area (Å²) in [7, 11) is -1.78. The number of rotatable bonds is 8. The van der Waals surface area contributed by atoms with Crippen LogP contribution in [0.3, 0.4) is 0 Å². The molecule has 1 aromatic carbocycles. The summed E-state index contributed by atoms with van der Waals surface area (Å²) < 4.78 is 37.1. The third kappa shape index (κ3) is 5.96. The lowest BCUT2D eigenvalue weighted by Crippen LogP contribution is -2.44. The second-order valence-corrected chi connectivity index (χ2v) is 10.2. The van der Waals surface area contributed by atoms with Crippen LogP contribution in [0.15, 0.2) is 58.3 Å². The summed E-state index contributed by atoms with van der Waals surface area (Å²) in [6, 6.07) is 7.55. The molecule has 1 atom stereocenters. The van der Waals surface area contributed by atoms with E-state index in [9.17, 15) is 28.1 Å². The summed E-state index contributed by atoms with van der Waals surface area (Å²) in [5, 5.41) is 0. The summed E-state index contributed by atoms with van der Waals surface area (Å²) >= 11 is 0. The Morgan fingerprint density at radius 1 is 1.16 bits per heavy atom. The fourth-order valence-electron chi connectivity index (χ4n) is 2.59. The highest BCUT2D eigenvalue weighted by molar-refractivity contribution is 7.63. The number of benzene rings is 1. The number of allylic oxidation sites excluding steroid dienone is 1. The molecule has 9 nitrogen and oxygen atoms in total. The van der Waals surface area contributed by atoms with Gasteiger partial charge in [-0.25, -0.2) is 9.59 Å². The minimum absolute atomic E-state index is 0.0557. The quantitative estimate of drug-likeness (QED) is 0.339. The van der Waals surface area contributed by atoms with Crippen LogP contribution in [0, 0.1) is 5.82 Å². The Hall–Kier alpha value is -3.10. The van der Waals surface area contributed by atoms with Crippen molar-refractivity contribution in [2.24, 2.45) is 0 Å². The van der Waals surface area contributed by atoms with E-state index >= 15 is 0 Å². The first-order valence-electron chi connectivity index (χ1n) is 9.08. The molecule has 0 saturated heterocycles. The molecule has 0 saturated carbocycles. The Morgan fingerprint density at radius 2 is 1.81 bits per heavy atom. The first kappa shape index (κ1) is 24.2. The van der Waals surface area contributed by atoms with Gasteiger partial charge in [0, 0.05) is 12.1 Å². The molecule has 0 radical (unpaired) electrons. The predicted molar refractivity (Wildman–Crippen MR) is 111 cm³/mol. The van der Waals surface area contributed by atoms with Crippen molar-refractivity contribution in [1.82, 2.24) is 9.13 Å². The first-order valence-corrected chi connectivity index (χ1v) is 11.8. The van der Waals surface area contributed by atoms with Crippen LogP contribution in [0.5, 0.6) is 0 Å². The standard InChI is InChI=1S/C20H22FN2O7P/c1-29-18(26)19(31(2,3)28)30-12-8-7-11-22-13-15(21)17(25)23(20(22)27)16(24)14-9-5-4-6-10-14/h4-10,13,19H,11-12H2,1-3H3/b8-7-. The van der Waals surface area contributed by atoms with Crippen LogP contribution < -0.4 is 11.2 Å². The zero-order valence-corrected chi connectivity index (χ0v) is 18.1. The first-order chi connectivity index (χ1) is 14.6. The molecule has 0 aliphatic rings. The number of hydrogen-bond donors (Lipinski definition) is 0. The molecule has 2 rings (SSSR count). The second-order valence-electron chi connectivity index (χ2n) is 6.84. The molecule has 11 heteroatoms. The van der Waals surface area contributed by atoms with Gasteiger partial charge in [0.1, 0.15) is 7.14 Å². The van der Waals surface area contributed by atoms with Crippen molar-refractivity contribution in [3.05, 3.63) is 80.9 Å². The van der Waals surface area contributed by atoms with Gasteiger partial charge >= 0.3 is 11.7 Å². The number of carbonyl (C=O) groups excluding carboxylic acids is 2. The predicted octanol–water partition coefficient (Wildman–Crippen LogP) is 1.53. The van der Waals surface area contributed by atoms with Crippen LogP contribution in [0.1, 0.15) is 10.4 Å². The Balaban J connectivity index is 2.19. The van der Waals surface area contributed by atoms with Crippen LogP contribution >= 0.6 is 7.14 Å². The molecule has 0 aliphatic carbocycles. The van der Waals surface area contributed by atoms with E-state index in [1.54, 1.807) is 18.2 Å². The van der Waals surface area contributed by atoms with Crippen molar-refractivity contribution in [2.75, 3.05) is 27.0 Å². The number of nitrogens with zero attached hydrogens (tertiary/aromatic N) is 2. The maximum atomic E-state index is 14.1. The van der Waals surface area contributed by atoms with Gasteiger partial charge in [-0.1, -0.05) is 30.4 Å². The number of ether oxygens (including phenoxy) is 2. The molecule has 0 spiro atoms. The summed E-state index contributed by atoms with van der Waals surface area (Å²) in [5.74, 6) is -4.23. The molecular formula is C20H22FN2O7P. The zero-order chi connectivity index (χ0) is 23.2. The third-order valence-electron chi connectivity index (χ3n) is 4.12. The topological polar surface area (TPSA) is 114 Å². The number of methoxy groups -OCH3 is 1. The average molecular weight is 452 g/mol. The number of aromatic nitrogens is 2. The summed E-state index contributed by atoms with van der Waals surface area (Å²) in [5.41, 5.74) is -2.30. The normalized spacial score (nSPS) is 12.6. The van der Waals surface area contributed by atoms with Gasteiger partial charge in [0.05, 0.1) is 19.9 Å². The highest BCUT2D eigenvalue weighted by atomic mass is 31.2. The fraction of sp³-hybridized carbons (Fsp3) is 0.300. The molecule has 166 valence electrons. The van der Waals surface area contributed by atoms with E-state index in [0.29, 0.717) is 6.20 Å². The van der Waals surface area contributed by atoms with Gasteiger partial charge in [0.15, 0.2) is 0 Å². The van der Waals surface area contributed by atoms with E-state index in [1.807, 2.05) is 0 Å². The molecule has 2 aromatic rings. The Bertz CT molecular complexity index is 1150. The van der Waals surface area contributed by atoms with Crippen molar-refractivity contribution < 1.29 is 28.0 Å². The van der Waals surface area contributed by atoms with Crippen molar-refractivity contribution in [3.63, 3.8) is 0 Å². The molecular weight excluding hydrogens is 430 g/mol. The Kier molecular flexibility index (Phi) is 8.01. The highest BCUT2D eigenvalue weighted by Crippen LogP contribution is 2.43. The molecule has 1 unspecified atom stereocenters. The summed E-state index contributed by atoms with van der Waals surface area (Å²) in [4.78, 5) is 48.8. The maximum absolute atomic E-state index is 14.1.